The van der Waals surface area contributed by atoms with Gasteiger partial charge < -0.3 is 30.3 Å². The maximum absolute atomic E-state index is 12.7. The summed E-state index contributed by atoms with van der Waals surface area (Å²) in [6.45, 7) is 15.1. The van der Waals surface area contributed by atoms with Gasteiger partial charge in [0.05, 0.1) is 25.3 Å². The van der Waals surface area contributed by atoms with Crippen LogP contribution in [0.25, 0.3) is 0 Å². The predicted molar refractivity (Wildman–Crippen MR) is 149 cm³/mol. The van der Waals surface area contributed by atoms with E-state index in [4.69, 9.17) is 15.2 Å². The van der Waals surface area contributed by atoms with E-state index in [9.17, 15) is 19.2 Å². The van der Waals surface area contributed by atoms with Gasteiger partial charge in [0.2, 0.25) is 11.8 Å². The van der Waals surface area contributed by atoms with Crippen LogP contribution in [0.15, 0.2) is 0 Å². The predicted octanol–water partition coefficient (Wildman–Crippen LogP) is 3.01. The lowest BCUT2D eigenvalue weighted by Crippen LogP contribution is -2.54. The first kappa shape index (κ1) is 35.8. The second-order valence-electron chi connectivity index (χ2n) is 11.0. The van der Waals surface area contributed by atoms with E-state index in [-0.39, 0.29) is 61.4 Å². The number of likely N-dealkylation sites (tertiary alicyclic amines) is 2. The molecule has 3 N–H and O–H groups in total. The molecule has 10 heteroatoms. The van der Waals surface area contributed by atoms with Gasteiger partial charge in [-0.15, -0.1) is 0 Å². The minimum Gasteiger partial charge on any atom is -0.465 e. The summed E-state index contributed by atoms with van der Waals surface area (Å²) in [4.78, 5) is 51.2. The summed E-state index contributed by atoms with van der Waals surface area (Å²) in [5, 5.41) is 3.29. The molecule has 38 heavy (non-hydrogen) atoms. The Kier molecular flexibility index (Phi) is 15.7. The summed E-state index contributed by atoms with van der Waals surface area (Å²) >= 11 is 0. The normalized spacial score (nSPS) is 22.7. The molecular formula is C28H54N4O6. The number of esters is 2. The highest BCUT2D eigenvalue weighted by Gasteiger charge is 2.39. The van der Waals surface area contributed by atoms with Crippen molar-refractivity contribution in [2.45, 2.75) is 124 Å². The van der Waals surface area contributed by atoms with Crippen molar-refractivity contribution in [2.24, 2.45) is 5.73 Å². The molecule has 0 bridgehead atoms. The Bertz CT molecular complexity index is 770. The summed E-state index contributed by atoms with van der Waals surface area (Å²) in [5.74, 6) is -0.831. The Morgan fingerprint density at radius 1 is 0.868 bits per heavy atom. The molecule has 0 radical (unpaired) electrons. The van der Waals surface area contributed by atoms with Crippen molar-refractivity contribution >= 4 is 23.8 Å². The second-order valence-corrected chi connectivity index (χ2v) is 11.0. The first-order valence-corrected chi connectivity index (χ1v) is 13.7. The van der Waals surface area contributed by atoms with Crippen molar-refractivity contribution < 1.29 is 28.7 Å². The minimum atomic E-state index is -0.494. The van der Waals surface area contributed by atoms with Gasteiger partial charge in [0.15, 0.2) is 0 Å². The lowest BCUT2D eigenvalue weighted by Gasteiger charge is -2.37. The summed E-state index contributed by atoms with van der Waals surface area (Å²) in [6, 6.07) is -0.669. The molecule has 2 aliphatic rings. The highest BCUT2D eigenvalue weighted by molar-refractivity contribution is 5.87. The molecule has 2 rings (SSSR count). The van der Waals surface area contributed by atoms with E-state index in [1.54, 1.807) is 23.6 Å². The first-order valence-electron chi connectivity index (χ1n) is 13.7. The highest BCUT2D eigenvalue weighted by atomic mass is 16.5. The van der Waals surface area contributed by atoms with Crippen molar-refractivity contribution in [3.8, 4) is 0 Å². The fraction of sp³-hybridized carbons (Fsp3) is 0.857. The van der Waals surface area contributed by atoms with Gasteiger partial charge in [0.25, 0.3) is 0 Å². The third kappa shape index (κ3) is 10.9. The molecule has 0 spiro atoms. The average Bonchev–Trinajstić information content (AvgIpc) is 2.98. The lowest BCUT2D eigenvalue weighted by atomic mass is 9.97. The summed E-state index contributed by atoms with van der Waals surface area (Å²) in [5.41, 5.74) is 5.16. The van der Waals surface area contributed by atoms with E-state index < -0.39 is 6.04 Å². The van der Waals surface area contributed by atoms with Gasteiger partial charge >= 0.3 is 11.9 Å². The third-order valence-electron chi connectivity index (χ3n) is 7.02. The number of ether oxygens (including phenoxy) is 2. The number of hydrogen-bond donors (Lipinski definition) is 2. The average molecular weight is 543 g/mol. The van der Waals surface area contributed by atoms with E-state index in [1.807, 2.05) is 27.7 Å². The number of hydrogen-bond acceptors (Lipinski definition) is 8. The van der Waals surface area contributed by atoms with Gasteiger partial charge in [-0.05, 0) is 93.0 Å². The van der Waals surface area contributed by atoms with Gasteiger partial charge in [-0.3, -0.25) is 19.2 Å². The van der Waals surface area contributed by atoms with Gasteiger partial charge in [-0.25, -0.2) is 0 Å². The molecule has 2 atom stereocenters. The Balaban J connectivity index is 0.000000711. The summed E-state index contributed by atoms with van der Waals surface area (Å²) < 4.78 is 9.88. The molecule has 0 aromatic rings. The number of nitrogens with two attached hydrogens (primary N) is 1. The van der Waals surface area contributed by atoms with E-state index in [0.29, 0.717) is 19.6 Å². The monoisotopic (exact) mass is 542 g/mol. The Morgan fingerprint density at radius 3 is 1.76 bits per heavy atom. The van der Waals surface area contributed by atoms with Crippen LogP contribution in [0.1, 0.15) is 101 Å². The fourth-order valence-electron chi connectivity index (χ4n) is 4.76. The molecular weight excluding hydrogens is 488 g/mol. The molecule has 10 nitrogen and oxygen atoms in total. The van der Waals surface area contributed by atoms with Gasteiger partial charge in [-0.2, -0.15) is 0 Å². The van der Waals surface area contributed by atoms with Gasteiger partial charge in [0, 0.05) is 11.1 Å². The number of nitrogens with one attached hydrogen (secondary N) is 1. The topological polar surface area (TPSA) is 131 Å². The molecule has 2 heterocycles. The fourth-order valence-corrected chi connectivity index (χ4v) is 4.76. The molecule has 2 fully saturated rings. The smallest absolute Gasteiger partial charge is 0.325 e. The van der Waals surface area contributed by atoms with Crippen LogP contribution in [-0.2, 0) is 28.7 Å². The Labute approximate surface area is 230 Å². The second kappa shape index (κ2) is 16.7. The zero-order valence-electron chi connectivity index (χ0n) is 24.1. The molecule has 0 aromatic carbocycles. The number of carbonyl (C=O) groups excluding carboxylic acids is 4. The maximum Gasteiger partial charge on any atom is 0.325 e. The van der Waals surface area contributed by atoms with Gasteiger partial charge in [0.1, 0.15) is 13.1 Å². The Hall–Kier alpha value is -2.20. The Morgan fingerprint density at radius 2 is 1.32 bits per heavy atom. The minimum absolute atomic E-state index is 0. The highest BCUT2D eigenvalue weighted by Crippen LogP contribution is 2.28. The van der Waals surface area contributed by atoms with Crippen molar-refractivity contribution in [2.75, 3.05) is 32.8 Å². The van der Waals surface area contributed by atoms with Crippen LogP contribution in [0, 0.1) is 0 Å². The van der Waals surface area contributed by atoms with Crippen molar-refractivity contribution in [1.82, 2.24) is 15.1 Å². The van der Waals surface area contributed by atoms with Crippen molar-refractivity contribution in [1.29, 1.82) is 0 Å². The largest absolute Gasteiger partial charge is 0.465 e. The van der Waals surface area contributed by atoms with Crippen LogP contribution in [0.5, 0.6) is 0 Å². The molecule has 0 saturated carbocycles. The number of carbonyl (C=O) groups is 4. The molecule has 222 valence electrons. The van der Waals surface area contributed by atoms with Crippen LogP contribution in [0.2, 0.25) is 0 Å². The first-order chi connectivity index (χ1) is 17.3. The van der Waals surface area contributed by atoms with Crippen LogP contribution >= 0.6 is 0 Å². The lowest BCUT2D eigenvalue weighted by molar-refractivity contribution is -0.153. The third-order valence-corrected chi connectivity index (χ3v) is 7.02. The zero-order valence-corrected chi connectivity index (χ0v) is 24.1. The van der Waals surface area contributed by atoms with Crippen LogP contribution in [-0.4, -0.2) is 89.6 Å². The zero-order chi connectivity index (χ0) is 28.2. The SMILES string of the molecule is C.CCCNC1CCCC(C)(C)N(CC(=O)OCC)C1=O.CCOC(=O)CN1C(=O)C(N)CCCC1(C)C. The van der Waals surface area contributed by atoms with Crippen LogP contribution in [0.4, 0.5) is 0 Å². The van der Waals surface area contributed by atoms with Crippen molar-refractivity contribution in [3.05, 3.63) is 0 Å². The molecule has 2 amide bonds. The molecule has 2 unspecified atom stereocenters. The molecule has 2 aliphatic heterocycles. The van der Waals surface area contributed by atoms with E-state index in [2.05, 4.69) is 12.2 Å². The molecule has 2 saturated heterocycles. The number of amides is 2. The molecule has 0 aromatic heterocycles. The van der Waals surface area contributed by atoms with Crippen LogP contribution in [0.3, 0.4) is 0 Å². The van der Waals surface area contributed by atoms with Crippen molar-refractivity contribution in [3.63, 3.8) is 0 Å². The summed E-state index contributed by atoms with van der Waals surface area (Å²) in [7, 11) is 0. The quantitative estimate of drug-likeness (QED) is 0.425. The van der Waals surface area contributed by atoms with Gasteiger partial charge in [-0.1, -0.05) is 14.4 Å². The van der Waals surface area contributed by atoms with E-state index >= 15 is 0 Å². The van der Waals surface area contributed by atoms with E-state index in [1.165, 1.54) is 0 Å². The number of rotatable bonds is 9. The van der Waals surface area contributed by atoms with E-state index in [0.717, 1.165) is 45.1 Å². The summed E-state index contributed by atoms with van der Waals surface area (Å²) in [6.07, 6.45) is 6.15. The van der Waals surface area contributed by atoms with Crippen LogP contribution < -0.4 is 11.1 Å². The maximum atomic E-state index is 12.7. The molecule has 0 aliphatic carbocycles. The standard InChI is InChI=1S/C15H28N2O3.C12H22N2O3.CH4/c1-5-10-16-12-8-7-9-15(3,4)17(14(12)19)11-13(18)20-6-2;1-4-17-10(15)8-14-11(16)9(13)6-5-7-12(14,2)3;/h12,16H,5-11H2,1-4H3;9H,4-8,13H2,1-3H3;1H4. The number of nitrogens with zero attached hydrogens (tertiary/aromatic N) is 2.